The zero-order chi connectivity index (χ0) is 19.5. The molecule has 2 aliphatic heterocycles. The Morgan fingerprint density at radius 1 is 1.15 bits per heavy atom. The molecule has 0 radical (unpaired) electrons. The molecule has 1 atom stereocenters. The van der Waals surface area contributed by atoms with Gasteiger partial charge in [0.1, 0.15) is 5.56 Å². The summed E-state index contributed by atoms with van der Waals surface area (Å²) in [7, 11) is 0. The highest BCUT2D eigenvalue weighted by molar-refractivity contribution is 5.71. The van der Waals surface area contributed by atoms with E-state index in [4.69, 9.17) is 1.37 Å². The van der Waals surface area contributed by atoms with Crippen LogP contribution >= 0.6 is 0 Å². The first-order chi connectivity index (χ1) is 13.6. The lowest BCUT2D eigenvalue weighted by molar-refractivity contribution is -0.961. The number of hydrogen-bond donors (Lipinski definition) is 0. The molecule has 1 unspecified atom stereocenters. The van der Waals surface area contributed by atoms with Crippen molar-refractivity contribution in [3.63, 3.8) is 0 Å². The molecule has 5 rings (SSSR count). The summed E-state index contributed by atoms with van der Waals surface area (Å²) in [5.41, 5.74) is 4.32. The van der Waals surface area contributed by atoms with Gasteiger partial charge in [-0.2, -0.15) is 0 Å². The van der Waals surface area contributed by atoms with Crippen LogP contribution in [-0.4, -0.2) is 4.92 Å². The van der Waals surface area contributed by atoms with Gasteiger partial charge < -0.3 is 0 Å². The maximum absolute atomic E-state index is 11.8. The molecule has 130 valence electrons. The zero-order valence-corrected chi connectivity index (χ0v) is 14.7. The molecule has 5 nitrogen and oxygen atoms in total. The molecule has 2 aromatic heterocycles. The number of benzene rings is 1. The van der Waals surface area contributed by atoms with E-state index < -0.39 is 10.6 Å². The Kier molecular flexibility index (Phi) is 2.81. The molecule has 27 heavy (non-hydrogen) atoms. The standard InChI is InChI=1S/C22H17N3O2/c1-15-9-10-19-18(13-15)21-8-4-6-12-24(21)22(19)20(16(2)25(26)27)14-17-7-3-5-11-23(17)22/h3-14H,2H2,1H3/q+2/i2T. The van der Waals surface area contributed by atoms with Crippen LogP contribution in [0.2, 0.25) is 0 Å². The quantitative estimate of drug-likeness (QED) is 0.402. The number of allylic oxidation sites excluding steroid dienone is 1. The SMILES string of the molecule is [3H]C=C(C1=Cc2cccc[n+]2C12c1ccc(C)cc1-c1cccc[n+]12)[N+](=O)[O-]. The summed E-state index contributed by atoms with van der Waals surface area (Å²) in [6.07, 6.45) is 5.72. The van der Waals surface area contributed by atoms with Crippen molar-refractivity contribution in [2.75, 3.05) is 0 Å². The van der Waals surface area contributed by atoms with Crippen molar-refractivity contribution in [2.45, 2.75) is 12.6 Å². The summed E-state index contributed by atoms with van der Waals surface area (Å²) in [5, 5.41) is 11.8. The third kappa shape index (κ3) is 1.83. The van der Waals surface area contributed by atoms with E-state index in [2.05, 4.69) is 15.2 Å². The number of aromatic nitrogens is 2. The number of rotatable bonds is 2. The lowest BCUT2D eigenvalue weighted by atomic mass is 9.89. The molecule has 5 heteroatoms. The van der Waals surface area contributed by atoms with E-state index in [-0.39, 0.29) is 5.70 Å². The van der Waals surface area contributed by atoms with Crippen LogP contribution in [0.25, 0.3) is 17.3 Å². The molecule has 0 saturated carbocycles. The Morgan fingerprint density at radius 3 is 2.70 bits per heavy atom. The molecule has 0 aliphatic carbocycles. The third-order valence-electron chi connectivity index (χ3n) is 5.42. The van der Waals surface area contributed by atoms with Gasteiger partial charge in [0.2, 0.25) is 11.4 Å². The van der Waals surface area contributed by atoms with Gasteiger partial charge in [-0.1, -0.05) is 11.6 Å². The van der Waals surface area contributed by atoms with Crippen LogP contribution in [0.1, 0.15) is 18.2 Å². The van der Waals surface area contributed by atoms with Gasteiger partial charge in [0, 0.05) is 30.3 Å². The van der Waals surface area contributed by atoms with Gasteiger partial charge in [0.05, 0.1) is 11.9 Å². The lowest BCUT2D eigenvalue weighted by Crippen LogP contribution is -2.72. The summed E-state index contributed by atoms with van der Waals surface area (Å²) in [6.45, 7) is 2.88. The number of nitro groups is 1. The maximum atomic E-state index is 11.8. The zero-order valence-electron chi connectivity index (χ0n) is 15.7. The van der Waals surface area contributed by atoms with Crippen LogP contribution in [0.15, 0.2) is 84.8 Å². The fourth-order valence-electron chi connectivity index (χ4n) is 4.37. The Labute approximate surface area is 157 Å². The van der Waals surface area contributed by atoms with Gasteiger partial charge in [-0.15, -0.1) is 9.13 Å². The predicted octanol–water partition coefficient (Wildman–Crippen LogP) is 2.99. The topological polar surface area (TPSA) is 50.9 Å². The van der Waals surface area contributed by atoms with E-state index in [9.17, 15) is 10.1 Å². The van der Waals surface area contributed by atoms with E-state index >= 15 is 0 Å². The molecule has 0 N–H and O–H groups in total. The Bertz CT molecular complexity index is 1230. The first kappa shape index (κ1) is 14.6. The van der Waals surface area contributed by atoms with E-state index in [1.807, 2.05) is 73.9 Å². The average molecular weight is 357 g/mol. The molecule has 4 heterocycles. The van der Waals surface area contributed by atoms with Crippen LogP contribution in [0.3, 0.4) is 0 Å². The molecular weight excluding hydrogens is 338 g/mol. The highest BCUT2D eigenvalue weighted by Crippen LogP contribution is 2.45. The number of fused-ring (bicyclic) bond motifs is 7. The lowest BCUT2D eigenvalue weighted by Gasteiger charge is -2.18. The van der Waals surface area contributed by atoms with Gasteiger partial charge in [-0.3, -0.25) is 10.1 Å². The van der Waals surface area contributed by atoms with Crippen molar-refractivity contribution in [3.05, 3.63) is 112 Å². The molecule has 3 aromatic rings. The van der Waals surface area contributed by atoms with Crippen molar-refractivity contribution in [1.29, 1.82) is 0 Å². The second kappa shape index (κ2) is 5.20. The van der Waals surface area contributed by atoms with Crippen LogP contribution < -0.4 is 9.13 Å². The summed E-state index contributed by atoms with van der Waals surface area (Å²) in [5.74, 6) is 0. The largest absolute Gasteiger partial charge is 0.423 e. The van der Waals surface area contributed by atoms with E-state index in [1.165, 1.54) is 0 Å². The minimum Gasteiger partial charge on any atom is -0.258 e. The fourth-order valence-corrected chi connectivity index (χ4v) is 4.37. The van der Waals surface area contributed by atoms with Crippen LogP contribution in [0.4, 0.5) is 0 Å². The molecule has 2 aliphatic rings. The molecule has 0 amide bonds. The van der Waals surface area contributed by atoms with Gasteiger partial charge in [0.25, 0.3) is 5.70 Å². The second-order valence-electron chi connectivity index (χ2n) is 6.87. The van der Waals surface area contributed by atoms with Gasteiger partial charge in [-0.05, 0) is 37.7 Å². The second-order valence-corrected chi connectivity index (χ2v) is 6.87. The highest BCUT2D eigenvalue weighted by atomic mass is 16.6. The van der Waals surface area contributed by atoms with Crippen LogP contribution in [0.5, 0.6) is 0 Å². The Hall–Kier alpha value is -3.60. The average Bonchev–Trinajstić information content (AvgIpc) is 3.18. The van der Waals surface area contributed by atoms with Crippen molar-refractivity contribution in [3.8, 4) is 11.3 Å². The summed E-state index contributed by atoms with van der Waals surface area (Å²) in [4.78, 5) is 11.4. The van der Waals surface area contributed by atoms with Crippen molar-refractivity contribution < 1.29 is 15.4 Å². The predicted molar refractivity (Wildman–Crippen MR) is 100 cm³/mol. The Morgan fingerprint density at radius 2 is 1.93 bits per heavy atom. The molecule has 0 bridgehead atoms. The molecule has 1 aromatic carbocycles. The molecule has 0 saturated heterocycles. The minimum atomic E-state index is -0.934. The summed E-state index contributed by atoms with van der Waals surface area (Å²) < 4.78 is 11.9. The maximum Gasteiger partial charge on any atom is 0.423 e. The molecular formula is C22H17N3O2+2. The first-order valence-electron chi connectivity index (χ1n) is 9.26. The summed E-state index contributed by atoms with van der Waals surface area (Å²) in [6, 6.07) is 17.9. The third-order valence-corrected chi connectivity index (χ3v) is 5.42. The van der Waals surface area contributed by atoms with E-state index in [1.54, 1.807) is 0 Å². The van der Waals surface area contributed by atoms with Crippen LogP contribution in [-0.2, 0) is 5.66 Å². The monoisotopic (exact) mass is 357 g/mol. The minimum absolute atomic E-state index is 0.209. The van der Waals surface area contributed by atoms with Crippen molar-refractivity contribution in [1.82, 2.24) is 0 Å². The van der Waals surface area contributed by atoms with Crippen molar-refractivity contribution in [2.24, 2.45) is 0 Å². The van der Waals surface area contributed by atoms with Gasteiger partial charge in [0.15, 0.2) is 18.0 Å². The summed E-state index contributed by atoms with van der Waals surface area (Å²) >= 11 is 0. The van der Waals surface area contributed by atoms with E-state index in [0.29, 0.717) is 5.57 Å². The van der Waals surface area contributed by atoms with Gasteiger partial charge >= 0.3 is 5.66 Å². The number of nitrogens with zero attached hydrogens (tertiary/aromatic N) is 3. The molecule has 0 fully saturated rings. The number of pyridine rings is 2. The van der Waals surface area contributed by atoms with Gasteiger partial charge in [-0.25, -0.2) is 0 Å². The smallest absolute Gasteiger partial charge is 0.258 e. The van der Waals surface area contributed by atoms with E-state index in [0.717, 1.165) is 34.6 Å². The van der Waals surface area contributed by atoms with Crippen molar-refractivity contribution >= 4 is 6.08 Å². The normalized spacial score (nSPS) is 20.0. The Balaban J connectivity index is 1.97. The molecule has 1 spiro atoms. The number of hydrogen-bond acceptors (Lipinski definition) is 2. The van der Waals surface area contributed by atoms with Crippen LogP contribution in [0, 0.1) is 17.0 Å². The first-order valence-corrected chi connectivity index (χ1v) is 8.68. The fraction of sp³-hybridized carbons (Fsp3) is 0.0909. The highest BCUT2D eigenvalue weighted by Gasteiger charge is 2.68. The number of aryl methyl sites for hydroxylation is 1.